The Labute approximate surface area is 198 Å². The van der Waals surface area contributed by atoms with Gasteiger partial charge in [-0.15, -0.1) is 0 Å². The van der Waals surface area contributed by atoms with Gasteiger partial charge in [0.15, 0.2) is 11.1 Å². The molecule has 174 valence electrons. The van der Waals surface area contributed by atoms with Gasteiger partial charge >= 0.3 is 0 Å². The van der Waals surface area contributed by atoms with Crippen LogP contribution in [-0.2, 0) is 13.0 Å². The molecule has 9 nitrogen and oxygen atoms in total. The second-order valence-electron chi connectivity index (χ2n) is 8.43. The summed E-state index contributed by atoms with van der Waals surface area (Å²) in [6, 6.07) is 12.7. The fourth-order valence-corrected chi connectivity index (χ4v) is 4.57. The van der Waals surface area contributed by atoms with E-state index in [1.54, 1.807) is 18.2 Å². The number of nitrogens with one attached hydrogen (secondary N) is 2. The number of hydrogen-bond donors (Lipinski definition) is 3. The number of ether oxygens (including phenoxy) is 1. The van der Waals surface area contributed by atoms with Gasteiger partial charge in [0, 0.05) is 32.2 Å². The second kappa shape index (κ2) is 10.0. The van der Waals surface area contributed by atoms with Crippen LogP contribution in [0.2, 0.25) is 0 Å². The molecule has 2 aliphatic rings. The summed E-state index contributed by atoms with van der Waals surface area (Å²) < 4.78 is 6.10. The highest BCUT2D eigenvalue weighted by molar-refractivity contribution is 7.80. The molecule has 0 aromatic heterocycles. The molecule has 1 saturated heterocycles. The van der Waals surface area contributed by atoms with Gasteiger partial charge in [-0.1, -0.05) is 18.2 Å². The van der Waals surface area contributed by atoms with Crippen molar-refractivity contribution < 1.29 is 9.66 Å². The highest BCUT2D eigenvalue weighted by Gasteiger charge is 2.23. The maximum absolute atomic E-state index is 11.2. The number of guanidine groups is 1. The van der Waals surface area contributed by atoms with Crippen molar-refractivity contribution in [3.8, 4) is 5.75 Å². The quantitative estimate of drug-likeness (QED) is 0.201. The predicted octanol–water partition coefficient (Wildman–Crippen LogP) is 3.33. The third-order valence-electron chi connectivity index (χ3n) is 6.26. The molecule has 2 heterocycles. The molecule has 0 saturated carbocycles. The van der Waals surface area contributed by atoms with Crippen molar-refractivity contribution in [1.82, 2.24) is 9.80 Å². The molecule has 1 fully saturated rings. The molecule has 4 rings (SSSR count). The van der Waals surface area contributed by atoms with E-state index < -0.39 is 4.92 Å². The average molecular weight is 469 g/mol. The molecule has 0 spiro atoms. The van der Waals surface area contributed by atoms with Gasteiger partial charge in [0.05, 0.1) is 11.5 Å². The van der Waals surface area contributed by atoms with Crippen LogP contribution in [0.15, 0.2) is 42.5 Å². The monoisotopic (exact) mass is 468 g/mol. The van der Waals surface area contributed by atoms with Crippen molar-refractivity contribution in [2.24, 2.45) is 11.7 Å². The third-order valence-corrected chi connectivity index (χ3v) is 6.62. The normalized spacial score (nSPS) is 16.1. The largest absolute Gasteiger partial charge is 0.493 e. The highest BCUT2D eigenvalue weighted by Crippen LogP contribution is 2.27. The number of nitrogens with zero attached hydrogens (tertiary/aromatic N) is 3. The van der Waals surface area contributed by atoms with Crippen LogP contribution in [0.25, 0.3) is 0 Å². The van der Waals surface area contributed by atoms with Crippen LogP contribution >= 0.6 is 12.2 Å². The lowest BCUT2D eigenvalue weighted by atomic mass is 9.98. The van der Waals surface area contributed by atoms with Crippen molar-refractivity contribution in [3.63, 3.8) is 0 Å². The van der Waals surface area contributed by atoms with E-state index in [2.05, 4.69) is 22.3 Å². The number of anilines is 1. The average Bonchev–Trinajstić information content (AvgIpc) is 2.82. The molecule has 2 aromatic rings. The first-order chi connectivity index (χ1) is 15.9. The van der Waals surface area contributed by atoms with E-state index in [9.17, 15) is 10.1 Å². The Morgan fingerprint density at radius 3 is 2.67 bits per heavy atom. The lowest BCUT2D eigenvalue weighted by molar-refractivity contribution is -0.383. The number of nitrogens with two attached hydrogens (primary N) is 1. The second-order valence-corrected chi connectivity index (χ2v) is 8.82. The maximum Gasteiger partial charge on any atom is 0.292 e. The maximum atomic E-state index is 11.2. The van der Waals surface area contributed by atoms with Crippen molar-refractivity contribution >= 4 is 34.7 Å². The van der Waals surface area contributed by atoms with Crippen molar-refractivity contribution in [2.45, 2.75) is 25.8 Å². The number of rotatable bonds is 5. The summed E-state index contributed by atoms with van der Waals surface area (Å²) in [7, 11) is 0. The van der Waals surface area contributed by atoms with E-state index in [0.717, 1.165) is 50.2 Å². The van der Waals surface area contributed by atoms with Crippen LogP contribution < -0.4 is 15.8 Å². The van der Waals surface area contributed by atoms with E-state index >= 15 is 0 Å². The molecule has 0 atom stereocenters. The molecule has 0 unspecified atom stereocenters. The molecule has 4 N–H and O–H groups in total. The first-order valence-corrected chi connectivity index (χ1v) is 11.4. The minimum absolute atomic E-state index is 0.0135. The summed E-state index contributed by atoms with van der Waals surface area (Å²) in [5, 5.41) is 22.4. The molecular formula is C23H28N6O3S. The smallest absolute Gasteiger partial charge is 0.292 e. The summed E-state index contributed by atoms with van der Waals surface area (Å²) in [4.78, 5) is 14.7. The van der Waals surface area contributed by atoms with Gasteiger partial charge in [-0.2, -0.15) is 0 Å². The van der Waals surface area contributed by atoms with E-state index in [4.69, 9.17) is 28.1 Å². The lowest BCUT2D eigenvalue weighted by Crippen LogP contribution is -2.42. The number of hydrogen-bond acceptors (Lipinski definition) is 5. The van der Waals surface area contributed by atoms with E-state index in [0.29, 0.717) is 29.9 Å². The highest BCUT2D eigenvalue weighted by atomic mass is 32.1. The van der Waals surface area contributed by atoms with Crippen LogP contribution in [0.5, 0.6) is 5.75 Å². The van der Waals surface area contributed by atoms with E-state index in [1.165, 1.54) is 11.6 Å². The number of piperidine rings is 1. The van der Waals surface area contributed by atoms with Gasteiger partial charge in [-0.25, -0.2) is 0 Å². The van der Waals surface area contributed by atoms with Crippen molar-refractivity contribution in [2.75, 3.05) is 31.6 Å². The van der Waals surface area contributed by atoms with Gasteiger partial charge in [-0.3, -0.25) is 15.5 Å². The van der Waals surface area contributed by atoms with Crippen LogP contribution in [0, 0.1) is 21.4 Å². The zero-order chi connectivity index (χ0) is 23.4. The third kappa shape index (κ3) is 5.51. The Balaban J connectivity index is 1.26. The topological polar surface area (TPSA) is 121 Å². The minimum Gasteiger partial charge on any atom is -0.493 e. The fourth-order valence-electron chi connectivity index (χ4n) is 4.28. The molecule has 0 bridgehead atoms. The Bertz CT molecular complexity index is 1050. The van der Waals surface area contributed by atoms with Gasteiger partial charge in [0.2, 0.25) is 0 Å². The molecule has 0 radical (unpaired) electrons. The molecule has 2 aliphatic heterocycles. The predicted molar refractivity (Wildman–Crippen MR) is 132 cm³/mol. The minimum atomic E-state index is -0.410. The zero-order valence-corrected chi connectivity index (χ0v) is 19.1. The number of benzene rings is 2. The van der Waals surface area contributed by atoms with Gasteiger partial charge < -0.3 is 25.6 Å². The number of likely N-dealkylation sites (tertiary alicyclic amines) is 1. The van der Waals surface area contributed by atoms with Crippen molar-refractivity contribution in [3.05, 3.63) is 63.7 Å². The van der Waals surface area contributed by atoms with Crippen LogP contribution in [0.1, 0.15) is 24.0 Å². The Morgan fingerprint density at radius 2 is 1.94 bits per heavy atom. The molecule has 10 heteroatoms. The summed E-state index contributed by atoms with van der Waals surface area (Å²) in [5.74, 6) is 1.36. The van der Waals surface area contributed by atoms with E-state index in [-0.39, 0.29) is 11.6 Å². The Morgan fingerprint density at radius 1 is 1.18 bits per heavy atom. The number of nitro benzene ring substituents is 1. The number of fused-ring (bicyclic) bond motifs is 1. The molecule has 0 amide bonds. The molecule has 0 aliphatic carbocycles. The van der Waals surface area contributed by atoms with Crippen molar-refractivity contribution in [1.29, 1.82) is 5.41 Å². The molecular weight excluding hydrogens is 440 g/mol. The summed E-state index contributed by atoms with van der Waals surface area (Å²) in [6.07, 6.45) is 2.75. The van der Waals surface area contributed by atoms with Gasteiger partial charge in [0.1, 0.15) is 11.4 Å². The van der Waals surface area contributed by atoms with Crippen LogP contribution in [-0.4, -0.2) is 52.0 Å². The first kappa shape index (κ1) is 22.8. The first-order valence-electron chi connectivity index (χ1n) is 11.0. The Kier molecular flexibility index (Phi) is 6.93. The fraction of sp³-hybridized carbons (Fsp3) is 0.391. The Hall–Kier alpha value is -3.40. The lowest BCUT2D eigenvalue weighted by Gasteiger charge is -2.33. The van der Waals surface area contributed by atoms with Crippen LogP contribution in [0.3, 0.4) is 0 Å². The molecule has 33 heavy (non-hydrogen) atoms. The molecule has 2 aromatic carbocycles. The SMILES string of the molecule is N=C(N)N1CCc2ccc(OCC3CCN(C(=S)Nc4ccccc4[N+](=O)[O-])CC3)cc2C1. The van der Waals surface area contributed by atoms with Gasteiger partial charge in [-0.05, 0) is 66.7 Å². The van der Waals surface area contributed by atoms with E-state index in [1.807, 2.05) is 11.0 Å². The number of thiocarbonyl (C=S) groups is 1. The summed E-state index contributed by atoms with van der Waals surface area (Å²) >= 11 is 5.50. The number of nitro groups is 1. The van der Waals surface area contributed by atoms with Crippen LogP contribution in [0.4, 0.5) is 11.4 Å². The summed E-state index contributed by atoms with van der Waals surface area (Å²) in [6.45, 7) is 3.60. The zero-order valence-electron chi connectivity index (χ0n) is 18.3. The van der Waals surface area contributed by atoms with Gasteiger partial charge in [0.25, 0.3) is 5.69 Å². The number of para-hydroxylation sites is 2. The standard InChI is InChI=1S/C23H28N6O3S/c24-22(25)28-12-9-17-5-6-19(13-18(17)14-28)32-15-16-7-10-27(11-8-16)23(33)26-20-3-1-2-4-21(20)29(30)31/h1-6,13,16H,7-12,14-15H2,(H3,24,25)(H,26,33). The summed E-state index contributed by atoms with van der Waals surface area (Å²) in [5.41, 5.74) is 8.52.